The second-order valence-corrected chi connectivity index (χ2v) is 14.7. The molecule has 5 heteroatoms. The minimum Gasteiger partial charge on any atom is -0.456 e. The van der Waals surface area contributed by atoms with Gasteiger partial charge in [-0.1, -0.05) is 109 Å². The van der Waals surface area contributed by atoms with Crippen LogP contribution >= 0.6 is 11.3 Å². The number of hydrogen-bond donors (Lipinski definition) is 0. The van der Waals surface area contributed by atoms with Gasteiger partial charge in [-0.3, -0.25) is 0 Å². The minimum atomic E-state index is -0.0611. The highest BCUT2D eigenvalue weighted by Crippen LogP contribution is 2.52. The molecule has 0 spiro atoms. The average molecular weight is 686 g/mol. The molecule has 1 fully saturated rings. The van der Waals surface area contributed by atoms with Crippen molar-refractivity contribution in [3.05, 3.63) is 174 Å². The largest absolute Gasteiger partial charge is 0.456 e. The molecular weight excluding hydrogens is 655 g/mol. The molecule has 2 aromatic heterocycles. The quantitative estimate of drug-likeness (QED) is 0.134. The molecule has 1 aliphatic carbocycles. The second kappa shape index (κ2) is 11.6. The molecule has 0 radical (unpaired) electrons. The van der Waals surface area contributed by atoms with Gasteiger partial charge in [0.1, 0.15) is 29.2 Å². The standard InChI is InChI=1S/C47H31N3OS/c1-2-5-16-30(15-4-1)45-48-46(50-43(47(50)49-45)37-22-11-20-35-34-19-8-9-24-41(34)52-44(35)37)36-21-12-23-40-42(36)38-28-33(25-26-39(38)51-40)32-18-10-17-31(27-32)29-13-6-3-7-14-29/h3-15,17-28,43,47H,1-2H2/t43?,47-,50?/m0/s1. The topological polar surface area (TPSA) is 40.9 Å². The van der Waals surface area contributed by atoms with Crippen molar-refractivity contribution in [2.75, 3.05) is 0 Å². The maximum absolute atomic E-state index is 6.54. The van der Waals surface area contributed by atoms with Gasteiger partial charge >= 0.3 is 0 Å². The van der Waals surface area contributed by atoms with Crippen molar-refractivity contribution in [2.24, 2.45) is 9.98 Å². The van der Waals surface area contributed by atoms with Crippen LogP contribution in [0, 0.1) is 0 Å². The summed E-state index contributed by atoms with van der Waals surface area (Å²) in [4.78, 5) is 13.1. The van der Waals surface area contributed by atoms with E-state index in [4.69, 9.17) is 14.4 Å². The Morgan fingerprint density at radius 1 is 0.673 bits per heavy atom. The van der Waals surface area contributed by atoms with Crippen molar-refractivity contribution in [1.29, 1.82) is 0 Å². The van der Waals surface area contributed by atoms with Gasteiger partial charge in [0.05, 0.1) is 5.57 Å². The Morgan fingerprint density at radius 2 is 1.46 bits per heavy atom. The van der Waals surface area contributed by atoms with Gasteiger partial charge in [0.25, 0.3) is 0 Å². The summed E-state index contributed by atoms with van der Waals surface area (Å²) in [5.74, 6) is 1.66. The summed E-state index contributed by atoms with van der Waals surface area (Å²) < 4.78 is 9.17. The maximum Gasteiger partial charge on any atom is 0.167 e. The molecule has 1 unspecified atom stereocenters. The van der Waals surface area contributed by atoms with Crippen molar-refractivity contribution in [3.63, 3.8) is 0 Å². The lowest BCUT2D eigenvalue weighted by Gasteiger charge is -2.16. The maximum atomic E-state index is 6.54. The molecule has 3 aliphatic rings. The van der Waals surface area contributed by atoms with Gasteiger partial charge in [0.15, 0.2) is 5.84 Å². The fraction of sp³-hybridized carbons (Fsp3) is 0.0851. The van der Waals surface area contributed by atoms with Gasteiger partial charge in [0.2, 0.25) is 0 Å². The van der Waals surface area contributed by atoms with Gasteiger partial charge in [-0.15, -0.1) is 17.1 Å². The van der Waals surface area contributed by atoms with Crippen LogP contribution in [0.15, 0.2) is 177 Å². The molecule has 246 valence electrons. The molecule has 1 saturated heterocycles. The molecule has 2 atom stereocenters. The van der Waals surface area contributed by atoms with Gasteiger partial charge in [-0.2, -0.15) is 0 Å². The zero-order valence-electron chi connectivity index (χ0n) is 28.2. The third-order valence-corrected chi connectivity index (χ3v) is 11.8. The predicted molar refractivity (Wildman–Crippen MR) is 216 cm³/mol. The molecule has 4 nitrogen and oxygen atoms in total. The van der Waals surface area contributed by atoms with E-state index >= 15 is 0 Å². The SMILES string of the molecule is C1=CCCC=CC=1C1=N[C@@H]2C(c3cccc4c3sc3ccccc34)N2C(c2cccc3oc4ccc(-c5cccc(-c6ccccc6)c5)cc4c23)=N1. The smallest absolute Gasteiger partial charge is 0.167 e. The number of benzene rings is 6. The molecule has 0 bridgehead atoms. The fourth-order valence-corrected chi connectivity index (χ4v) is 9.26. The van der Waals surface area contributed by atoms with Crippen LogP contribution in [0.1, 0.15) is 30.0 Å². The van der Waals surface area contributed by atoms with E-state index in [1.807, 2.05) is 11.3 Å². The second-order valence-electron chi connectivity index (χ2n) is 13.7. The molecular formula is C47H31N3OS. The summed E-state index contributed by atoms with van der Waals surface area (Å²) in [6, 6.07) is 47.7. The Morgan fingerprint density at radius 3 is 2.40 bits per heavy atom. The first-order chi connectivity index (χ1) is 25.8. The Bertz CT molecular complexity index is 2920. The van der Waals surface area contributed by atoms with Crippen molar-refractivity contribution < 1.29 is 4.42 Å². The Hall–Kier alpha value is -6.26. The zero-order chi connectivity index (χ0) is 34.2. The van der Waals surface area contributed by atoms with Crippen LogP contribution in [0.25, 0.3) is 64.4 Å². The van der Waals surface area contributed by atoms with Crippen LogP contribution in [0.3, 0.4) is 0 Å². The molecule has 0 amide bonds. The Labute approximate surface area is 304 Å². The summed E-state index contributed by atoms with van der Waals surface area (Å²) in [6.45, 7) is 0. The minimum absolute atomic E-state index is 0.0611. The molecule has 8 aromatic rings. The molecule has 0 N–H and O–H groups in total. The summed E-state index contributed by atoms with van der Waals surface area (Å²) in [5, 5.41) is 4.76. The Balaban J connectivity index is 1.08. The van der Waals surface area contributed by atoms with E-state index in [9.17, 15) is 0 Å². The number of nitrogens with zero attached hydrogens (tertiary/aromatic N) is 3. The summed E-state index contributed by atoms with van der Waals surface area (Å²) in [6.07, 6.45) is 8.34. The first kappa shape index (κ1) is 29.5. The number of allylic oxidation sites excluding steroid dienone is 1. The lowest BCUT2D eigenvalue weighted by atomic mass is 9.97. The van der Waals surface area contributed by atoms with Gasteiger partial charge in [-0.25, -0.2) is 9.98 Å². The zero-order valence-corrected chi connectivity index (χ0v) is 29.0. The summed E-state index contributed by atoms with van der Waals surface area (Å²) >= 11 is 1.87. The predicted octanol–water partition coefficient (Wildman–Crippen LogP) is 12.3. The van der Waals surface area contributed by atoms with E-state index in [0.29, 0.717) is 0 Å². The Kier molecular flexibility index (Phi) is 6.60. The third kappa shape index (κ3) is 4.67. The third-order valence-electron chi connectivity index (χ3n) is 10.5. The molecule has 2 aliphatic heterocycles. The van der Waals surface area contributed by atoms with Crippen LogP contribution in [0.5, 0.6) is 0 Å². The first-order valence-electron chi connectivity index (χ1n) is 17.9. The first-order valence-corrected chi connectivity index (χ1v) is 18.7. The van der Waals surface area contributed by atoms with E-state index in [1.165, 1.54) is 42.4 Å². The number of fused-ring (bicyclic) bond motifs is 7. The van der Waals surface area contributed by atoms with E-state index in [2.05, 4.69) is 162 Å². The number of aliphatic imine (C=N–C) groups is 2. The molecule has 6 aromatic carbocycles. The lowest BCUT2D eigenvalue weighted by Crippen LogP contribution is -2.22. The highest BCUT2D eigenvalue weighted by atomic mass is 32.1. The van der Waals surface area contributed by atoms with E-state index in [1.54, 1.807) is 0 Å². The van der Waals surface area contributed by atoms with Crippen LogP contribution in [-0.2, 0) is 0 Å². The normalized spacial score (nSPS) is 18.1. The monoisotopic (exact) mass is 685 g/mol. The van der Waals surface area contributed by atoms with Crippen LogP contribution in [0.4, 0.5) is 0 Å². The van der Waals surface area contributed by atoms with Crippen molar-refractivity contribution in [3.8, 4) is 22.3 Å². The number of hydrogen-bond acceptors (Lipinski definition) is 5. The van der Waals surface area contributed by atoms with Crippen LogP contribution < -0.4 is 0 Å². The molecule has 0 saturated carbocycles. The lowest BCUT2D eigenvalue weighted by molar-refractivity contribution is 0.668. The highest BCUT2D eigenvalue weighted by molar-refractivity contribution is 7.26. The number of amidine groups is 2. The van der Waals surface area contributed by atoms with Gasteiger partial charge in [0, 0.05) is 36.5 Å². The molecule has 52 heavy (non-hydrogen) atoms. The number of thiophene rings is 1. The van der Waals surface area contributed by atoms with Crippen molar-refractivity contribution in [2.45, 2.75) is 25.0 Å². The van der Waals surface area contributed by atoms with E-state index in [0.717, 1.165) is 63.2 Å². The van der Waals surface area contributed by atoms with Crippen LogP contribution in [0.2, 0.25) is 0 Å². The van der Waals surface area contributed by atoms with E-state index in [-0.39, 0.29) is 12.2 Å². The molecule has 4 heterocycles. The van der Waals surface area contributed by atoms with E-state index < -0.39 is 0 Å². The molecule has 11 rings (SSSR count). The summed E-state index contributed by atoms with van der Waals surface area (Å²) in [7, 11) is 0. The van der Waals surface area contributed by atoms with Gasteiger partial charge < -0.3 is 9.32 Å². The number of rotatable bonds is 5. The van der Waals surface area contributed by atoms with Crippen molar-refractivity contribution >= 4 is 65.1 Å². The summed E-state index contributed by atoms with van der Waals surface area (Å²) in [5.41, 5.74) is 13.2. The van der Waals surface area contributed by atoms with Crippen molar-refractivity contribution in [1.82, 2.24) is 4.90 Å². The van der Waals surface area contributed by atoms with Gasteiger partial charge in [-0.05, 0) is 83.1 Å². The fourth-order valence-electron chi connectivity index (χ4n) is 8.01. The van der Waals surface area contributed by atoms with Crippen LogP contribution in [-0.4, -0.2) is 22.7 Å². The number of furan rings is 1. The average Bonchev–Trinajstić information content (AvgIpc) is 3.75. The highest BCUT2D eigenvalue weighted by Gasteiger charge is 2.54.